The first-order chi connectivity index (χ1) is 15.2. The number of nitrogens with zero attached hydrogens (tertiary/aromatic N) is 2. The quantitative estimate of drug-likeness (QED) is 0.588. The smallest absolute Gasteiger partial charge is 0.273 e. The van der Waals surface area contributed by atoms with Gasteiger partial charge in [0.15, 0.2) is 11.5 Å². The summed E-state index contributed by atoms with van der Waals surface area (Å²) >= 11 is 0. The third kappa shape index (κ3) is 5.98. The third-order valence-corrected chi connectivity index (χ3v) is 4.95. The number of methoxy groups -OCH3 is 1. The van der Waals surface area contributed by atoms with Crippen molar-refractivity contribution in [3.63, 3.8) is 0 Å². The Bertz CT molecular complexity index is 896. The first kappa shape index (κ1) is 22.6. The summed E-state index contributed by atoms with van der Waals surface area (Å²) < 4.78 is 16.7. The van der Waals surface area contributed by atoms with Crippen LogP contribution in [-0.4, -0.2) is 56.6 Å². The van der Waals surface area contributed by atoms with Gasteiger partial charge in [-0.3, -0.25) is 4.79 Å². The molecule has 0 bridgehead atoms. The lowest BCUT2D eigenvalue weighted by Gasteiger charge is -2.24. The Kier molecular flexibility index (Phi) is 8.29. The lowest BCUT2D eigenvalue weighted by Crippen LogP contribution is -2.32. The summed E-state index contributed by atoms with van der Waals surface area (Å²) in [6.45, 7) is 7.43. The molecule has 0 saturated carbocycles. The SMILES string of the molecule is CCNCCOc1ccc(C(=O)N2CCCC(c3ccc(OC)c(OCC)c3)=N2)cc1. The number of carbonyl (C=O) groups excluding carboxylic acids is 1. The molecule has 0 aromatic heterocycles. The number of likely N-dealkylation sites (N-methyl/N-ethyl adjacent to an activating group) is 1. The molecule has 7 nitrogen and oxygen atoms in total. The number of amides is 1. The van der Waals surface area contributed by atoms with Gasteiger partial charge >= 0.3 is 0 Å². The van der Waals surface area contributed by atoms with E-state index in [1.54, 1.807) is 24.3 Å². The molecule has 0 spiro atoms. The van der Waals surface area contributed by atoms with Gasteiger partial charge in [0.05, 0.1) is 19.4 Å². The fourth-order valence-electron chi connectivity index (χ4n) is 3.38. The highest BCUT2D eigenvalue weighted by molar-refractivity contribution is 6.03. The largest absolute Gasteiger partial charge is 0.493 e. The van der Waals surface area contributed by atoms with Crippen LogP contribution >= 0.6 is 0 Å². The van der Waals surface area contributed by atoms with E-state index in [9.17, 15) is 4.79 Å². The average molecular weight is 426 g/mol. The summed E-state index contributed by atoms with van der Waals surface area (Å²) in [5.41, 5.74) is 2.39. The van der Waals surface area contributed by atoms with Gasteiger partial charge < -0.3 is 19.5 Å². The lowest BCUT2D eigenvalue weighted by atomic mass is 10.0. The predicted octanol–water partition coefficient (Wildman–Crippen LogP) is 3.72. The first-order valence-corrected chi connectivity index (χ1v) is 10.8. The van der Waals surface area contributed by atoms with Gasteiger partial charge in [0.1, 0.15) is 12.4 Å². The number of benzene rings is 2. The van der Waals surface area contributed by atoms with Crippen molar-refractivity contribution in [2.45, 2.75) is 26.7 Å². The maximum absolute atomic E-state index is 13.0. The summed E-state index contributed by atoms with van der Waals surface area (Å²) in [6.07, 6.45) is 1.66. The van der Waals surface area contributed by atoms with Crippen molar-refractivity contribution < 1.29 is 19.0 Å². The molecule has 1 aliphatic rings. The van der Waals surface area contributed by atoms with Crippen LogP contribution in [0.4, 0.5) is 0 Å². The number of hydrogen-bond acceptors (Lipinski definition) is 6. The summed E-state index contributed by atoms with van der Waals surface area (Å²) in [4.78, 5) is 13.0. The molecule has 0 unspecified atom stereocenters. The Labute approximate surface area is 184 Å². The topological polar surface area (TPSA) is 72.4 Å². The van der Waals surface area contributed by atoms with Crippen LogP contribution < -0.4 is 19.5 Å². The molecule has 1 amide bonds. The van der Waals surface area contributed by atoms with E-state index in [0.29, 0.717) is 36.8 Å². The minimum Gasteiger partial charge on any atom is -0.493 e. The molecular weight excluding hydrogens is 394 g/mol. The number of rotatable bonds is 10. The van der Waals surface area contributed by atoms with Gasteiger partial charge in [-0.25, -0.2) is 5.01 Å². The van der Waals surface area contributed by atoms with E-state index < -0.39 is 0 Å². The molecule has 1 aliphatic heterocycles. The molecule has 3 rings (SSSR count). The lowest BCUT2D eigenvalue weighted by molar-refractivity contribution is 0.0751. The van der Waals surface area contributed by atoms with Gasteiger partial charge in [-0.2, -0.15) is 5.10 Å². The average Bonchev–Trinajstić information content (AvgIpc) is 2.82. The Hall–Kier alpha value is -3.06. The van der Waals surface area contributed by atoms with Crippen LogP contribution in [0.1, 0.15) is 42.6 Å². The molecule has 2 aromatic rings. The highest BCUT2D eigenvalue weighted by Crippen LogP contribution is 2.29. The third-order valence-electron chi connectivity index (χ3n) is 4.95. The second-order valence-electron chi connectivity index (χ2n) is 7.10. The van der Waals surface area contributed by atoms with E-state index >= 15 is 0 Å². The summed E-state index contributed by atoms with van der Waals surface area (Å²) in [6, 6.07) is 13.0. The molecule has 0 fully saturated rings. The van der Waals surface area contributed by atoms with E-state index in [1.807, 2.05) is 37.3 Å². The van der Waals surface area contributed by atoms with Crippen molar-refractivity contribution in [1.82, 2.24) is 10.3 Å². The number of carbonyl (C=O) groups is 1. The van der Waals surface area contributed by atoms with Crippen LogP contribution in [0.25, 0.3) is 0 Å². The summed E-state index contributed by atoms with van der Waals surface area (Å²) in [5, 5.41) is 9.40. The van der Waals surface area contributed by atoms with Crippen LogP contribution in [0.2, 0.25) is 0 Å². The monoisotopic (exact) mass is 425 g/mol. The van der Waals surface area contributed by atoms with Crippen molar-refractivity contribution >= 4 is 11.6 Å². The van der Waals surface area contributed by atoms with Gasteiger partial charge in [0.25, 0.3) is 5.91 Å². The predicted molar refractivity (Wildman–Crippen MR) is 121 cm³/mol. The second-order valence-corrected chi connectivity index (χ2v) is 7.10. The number of nitrogens with one attached hydrogen (secondary N) is 1. The zero-order chi connectivity index (χ0) is 22.1. The second kappa shape index (κ2) is 11.4. The van der Waals surface area contributed by atoms with Crippen molar-refractivity contribution in [2.24, 2.45) is 5.10 Å². The highest BCUT2D eigenvalue weighted by atomic mass is 16.5. The number of hydrogen-bond donors (Lipinski definition) is 1. The van der Waals surface area contributed by atoms with E-state index in [1.165, 1.54) is 0 Å². The zero-order valence-corrected chi connectivity index (χ0v) is 18.5. The fraction of sp³-hybridized carbons (Fsp3) is 0.417. The Morgan fingerprint density at radius 3 is 2.61 bits per heavy atom. The summed E-state index contributed by atoms with van der Waals surface area (Å²) in [7, 11) is 1.62. The van der Waals surface area contributed by atoms with Gasteiger partial charge in [-0.15, -0.1) is 0 Å². The molecule has 1 N–H and O–H groups in total. The molecule has 0 aliphatic carbocycles. The molecule has 0 radical (unpaired) electrons. The van der Waals surface area contributed by atoms with Crippen LogP contribution in [0.5, 0.6) is 17.2 Å². The van der Waals surface area contributed by atoms with E-state index in [4.69, 9.17) is 14.2 Å². The van der Waals surface area contributed by atoms with E-state index in [-0.39, 0.29) is 5.91 Å². The van der Waals surface area contributed by atoms with Crippen molar-refractivity contribution in [3.8, 4) is 17.2 Å². The van der Waals surface area contributed by atoms with Gasteiger partial charge in [0.2, 0.25) is 0 Å². The van der Waals surface area contributed by atoms with E-state index in [2.05, 4.69) is 17.3 Å². The molecule has 7 heteroatoms. The first-order valence-electron chi connectivity index (χ1n) is 10.8. The van der Waals surface area contributed by atoms with Crippen molar-refractivity contribution in [3.05, 3.63) is 53.6 Å². The van der Waals surface area contributed by atoms with Crippen LogP contribution in [-0.2, 0) is 0 Å². The highest BCUT2D eigenvalue weighted by Gasteiger charge is 2.21. The van der Waals surface area contributed by atoms with Crippen LogP contribution in [0.3, 0.4) is 0 Å². The van der Waals surface area contributed by atoms with Crippen LogP contribution in [0, 0.1) is 0 Å². The van der Waals surface area contributed by atoms with Crippen molar-refractivity contribution in [2.75, 3.05) is 40.0 Å². The maximum atomic E-state index is 13.0. The van der Waals surface area contributed by atoms with Crippen LogP contribution in [0.15, 0.2) is 47.6 Å². The normalized spacial score (nSPS) is 13.5. The molecule has 0 saturated heterocycles. The van der Waals surface area contributed by atoms with Gasteiger partial charge in [-0.1, -0.05) is 6.92 Å². The molecule has 1 heterocycles. The van der Waals surface area contributed by atoms with Gasteiger partial charge in [0, 0.05) is 24.2 Å². The van der Waals surface area contributed by atoms with Gasteiger partial charge in [-0.05, 0) is 68.8 Å². The molecule has 2 aromatic carbocycles. The van der Waals surface area contributed by atoms with E-state index in [0.717, 1.165) is 43.0 Å². The number of hydrazone groups is 1. The standard InChI is InChI=1S/C24H31N3O4/c1-4-25-14-16-31-20-11-8-18(9-12-20)24(28)27-15-6-7-21(26-27)19-10-13-22(29-3)23(17-19)30-5-2/h8-13,17,25H,4-7,14-16H2,1-3H3. The Morgan fingerprint density at radius 2 is 1.90 bits per heavy atom. The summed E-state index contributed by atoms with van der Waals surface area (Å²) in [5.74, 6) is 2.00. The molecule has 0 atom stereocenters. The molecular formula is C24H31N3O4. The Morgan fingerprint density at radius 1 is 1.10 bits per heavy atom. The maximum Gasteiger partial charge on any atom is 0.273 e. The number of ether oxygens (including phenoxy) is 3. The zero-order valence-electron chi connectivity index (χ0n) is 18.5. The minimum absolute atomic E-state index is 0.116. The minimum atomic E-state index is -0.116. The van der Waals surface area contributed by atoms with Crippen molar-refractivity contribution in [1.29, 1.82) is 0 Å². The fourth-order valence-corrected chi connectivity index (χ4v) is 3.38. The molecule has 166 valence electrons. The Balaban J connectivity index is 1.71. The molecule has 31 heavy (non-hydrogen) atoms.